The van der Waals surface area contributed by atoms with Gasteiger partial charge < -0.3 is 10.5 Å². The van der Waals surface area contributed by atoms with Crippen molar-refractivity contribution in [3.63, 3.8) is 0 Å². The van der Waals surface area contributed by atoms with Crippen molar-refractivity contribution in [1.29, 1.82) is 0 Å². The Balaban J connectivity index is 2.14. The van der Waals surface area contributed by atoms with Crippen LogP contribution in [0.3, 0.4) is 0 Å². The first-order chi connectivity index (χ1) is 9.81. The average Bonchev–Trinajstić information content (AvgIpc) is 3.20. The molecule has 0 heterocycles. The fourth-order valence-electron chi connectivity index (χ4n) is 2.02. The summed E-state index contributed by atoms with van der Waals surface area (Å²) in [4.78, 5) is 12.1. The van der Waals surface area contributed by atoms with Crippen LogP contribution in [0.1, 0.15) is 19.3 Å². The molecule has 0 spiro atoms. The Hall–Kier alpha value is -1.31. The minimum atomic E-state index is -3.95. The maximum absolute atomic E-state index is 12.2. The smallest absolute Gasteiger partial charge is 0.264 e. The normalized spacial score (nSPS) is 16.5. The van der Waals surface area contributed by atoms with Crippen molar-refractivity contribution in [3.05, 3.63) is 23.2 Å². The summed E-state index contributed by atoms with van der Waals surface area (Å²) in [6.07, 6.45) is 1.84. The first kappa shape index (κ1) is 16.1. The van der Waals surface area contributed by atoms with E-state index in [1.165, 1.54) is 18.2 Å². The number of methoxy groups -OCH3 is 1. The molecule has 0 bridgehead atoms. The van der Waals surface area contributed by atoms with Crippen molar-refractivity contribution < 1.29 is 17.9 Å². The van der Waals surface area contributed by atoms with Crippen LogP contribution in [-0.4, -0.2) is 28.0 Å². The van der Waals surface area contributed by atoms with Gasteiger partial charge >= 0.3 is 0 Å². The van der Waals surface area contributed by atoms with E-state index >= 15 is 0 Å². The number of hydrogen-bond donors (Lipinski definition) is 2. The molecule has 1 aliphatic rings. The fraction of sp³-hybridized carbons (Fsp3) is 0.462. The number of rotatable bonds is 6. The van der Waals surface area contributed by atoms with Crippen LogP contribution in [0.5, 0.6) is 0 Å². The molecular weight excluding hydrogens is 316 g/mol. The number of benzene rings is 1. The zero-order valence-corrected chi connectivity index (χ0v) is 13.1. The van der Waals surface area contributed by atoms with Crippen LogP contribution in [0.15, 0.2) is 23.1 Å². The summed E-state index contributed by atoms with van der Waals surface area (Å²) in [6.45, 7) is 0.418. The molecule has 1 amide bonds. The Morgan fingerprint density at radius 2 is 2.14 bits per heavy atom. The van der Waals surface area contributed by atoms with Gasteiger partial charge in [-0.25, -0.2) is 13.1 Å². The molecule has 116 valence electrons. The number of ether oxygens (including phenoxy) is 1. The number of nitrogens with one attached hydrogen (secondary N) is 1. The van der Waals surface area contributed by atoms with Gasteiger partial charge in [0.15, 0.2) is 0 Å². The van der Waals surface area contributed by atoms with Gasteiger partial charge in [-0.1, -0.05) is 11.6 Å². The number of anilines is 1. The molecule has 0 atom stereocenters. The predicted octanol–water partition coefficient (Wildman–Crippen LogP) is 1.54. The third-order valence-corrected chi connectivity index (χ3v) is 5.30. The van der Waals surface area contributed by atoms with Gasteiger partial charge in [0.25, 0.3) is 10.0 Å². The van der Waals surface area contributed by atoms with Gasteiger partial charge in [-0.15, -0.1) is 0 Å². The van der Waals surface area contributed by atoms with E-state index in [0.717, 1.165) is 0 Å². The van der Waals surface area contributed by atoms with Gasteiger partial charge in [0.2, 0.25) is 5.91 Å². The van der Waals surface area contributed by atoms with Gasteiger partial charge in [0, 0.05) is 13.7 Å². The fourth-order valence-corrected chi connectivity index (χ4v) is 3.24. The lowest BCUT2D eigenvalue weighted by molar-refractivity contribution is -0.125. The zero-order valence-electron chi connectivity index (χ0n) is 11.6. The van der Waals surface area contributed by atoms with E-state index in [9.17, 15) is 13.2 Å². The first-order valence-electron chi connectivity index (χ1n) is 6.42. The zero-order chi connectivity index (χ0) is 15.7. The molecule has 1 aliphatic carbocycles. The number of sulfonamides is 1. The number of nitrogens with two attached hydrogens (primary N) is 1. The molecular formula is C13H17ClN2O4S. The van der Waals surface area contributed by atoms with E-state index in [2.05, 4.69) is 4.72 Å². The van der Waals surface area contributed by atoms with Crippen molar-refractivity contribution in [2.45, 2.75) is 24.2 Å². The molecule has 21 heavy (non-hydrogen) atoms. The summed E-state index contributed by atoms with van der Waals surface area (Å²) in [5, 5.41) is 0.263. The molecule has 0 radical (unpaired) electrons. The SMILES string of the molecule is COCCC1(C(=O)NS(=O)(=O)c2ccc(Cl)c(N)c2)CC1. The molecule has 2 rings (SSSR count). The number of carbonyl (C=O) groups excluding carboxylic acids is 1. The highest BCUT2D eigenvalue weighted by Crippen LogP contribution is 2.49. The Labute approximate surface area is 128 Å². The number of nitrogen functional groups attached to an aromatic ring is 1. The van der Waals surface area contributed by atoms with E-state index in [1.54, 1.807) is 7.11 Å². The van der Waals surface area contributed by atoms with Crippen molar-refractivity contribution in [2.24, 2.45) is 5.41 Å². The van der Waals surface area contributed by atoms with Crippen LogP contribution in [0.4, 0.5) is 5.69 Å². The van der Waals surface area contributed by atoms with Crippen LogP contribution < -0.4 is 10.5 Å². The summed E-state index contributed by atoms with van der Waals surface area (Å²) in [6, 6.07) is 3.92. The van der Waals surface area contributed by atoms with Crippen LogP contribution in [0, 0.1) is 5.41 Å². The van der Waals surface area contributed by atoms with Crippen molar-refractivity contribution in [2.75, 3.05) is 19.5 Å². The van der Waals surface area contributed by atoms with Gasteiger partial charge in [-0.2, -0.15) is 0 Å². The lowest BCUT2D eigenvalue weighted by Gasteiger charge is -2.15. The number of halogens is 1. The highest BCUT2D eigenvalue weighted by molar-refractivity contribution is 7.90. The molecule has 0 saturated heterocycles. The Bertz CT molecular complexity index is 656. The van der Waals surface area contributed by atoms with Crippen molar-refractivity contribution >= 4 is 33.2 Å². The minimum absolute atomic E-state index is 0.0831. The largest absolute Gasteiger partial charge is 0.397 e. The summed E-state index contributed by atoms with van der Waals surface area (Å²) < 4.78 is 31.4. The van der Waals surface area contributed by atoms with E-state index in [1.807, 2.05) is 0 Å². The van der Waals surface area contributed by atoms with Gasteiger partial charge in [-0.3, -0.25) is 4.79 Å². The number of carbonyl (C=O) groups is 1. The predicted molar refractivity (Wildman–Crippen MR) is 79.4 cm³/mol. The second kappa shape index (κ2) is 5.82. The Kier molecular flexibility index (Phi) is 4.46. The van der Waals surface area contributed by atoms with Gasteiger partial charge in [0.05, 0.1) is 21.0 Å². The summed E-state index contributed by atoms with van der Waals surface area (Å²) in [5.41, 5.74) is 5.11. The van der Waals surface area contributed by atoms with E-state index < -0.39 is 21.3 Å². The third-order valence-electron chi connectivity index (χ3n) is 3.62. The van der Waals surface area contributed by atoms with Crippen LogP contribution in [0.25, 0.3) is 0 Å². The summed E-state index contributed by atoms with van der Waals surface area (Å²) in [5.74, 6) is -0.493. The molecule has 0 unspecified atom stereocenters. The van der Waals surface area contributed by atoms with E-state index in [-0.39, 0.29) is 15.6 Å². The maximum atomic E-state index is 12.2. The lowest BCUT2D eigenvalue weighted by atomic mass is 10.0. The van der Waals surface area contributed by atoms with Crippen LogP contribution in [0.2, 0.25) is 5.02 Å². The van der Waals surface area contributed by atoms with Gasteiger partial charge in [0.1, 0.15) is 0 Å². The van der Waals surface area contributed by atoms with Crippen molar-refractivity contribution in [3.8, 4) is 0 Å². The van der Waals surface area contributed by atoms with E-state index in [4.69, 9.17) is 22.1 Å². The first-order valence-corrected chi connectivity index (χ1v) is 8.28. The lowest BCUT2D eigenvalue weighted by Crippen LogP contribution is -2.37. The van der Waals surface area contributed by atoms with Gasteiger partial charge in [-0.05, 0) is 37.5 Å². The van der Waals surface area contributed by atoms with Crippen molar-refractivity contribution in [1.82, 2.24) is 4.72 Å². The number of hydrogen-bond acceptors (Lipinski definition) is 5. The van der Waals surface area contributed by atoms with E-state index in [0.29, 0.717) is 25.9 Å². The quantitative estimate of drug-likeness (QED) is 0.770. The summed E-state index contributed by atoms with van der Waals surface area (Å²) in [7, 11) is -2.40. The molecule has 1 fully saturated rings. The third kappa shape index (κ3) is 3.48. The Morgan fingerprint density at radius 3 is 2.67 bits per heavy atom. The molecule has 0 aliphatic heterocycles. The topological polar surface area (TPSA) is 98.5 Å². The molecule has 0 aromatic heterocycles. The average molecular weight is 333 g/mol. The Morgan fingerprint density at radius 1 is 1.48 bits per heavy atom. The molecule has 3 N–H and O–H groups in total. The molecule has 1 aromatic carbocycles. The standard InChI is InChI=1S/C13H17ClN2O4S/c1-20-7-6-13(4-5-13)12(17)16-21(18,19)9-2-3-10(14)11(15)8-9/h2-3,8H,4-7,15H2,1H3,(H,16,17). The highest BCUT2D eigenvalue weighted by atomic mass is 35.5. The molecule has 8 heteroatoms. The summed E-state index contributed by atoms with van der Waals surface area (Å²) >= 11 is 5.76. The molecule has 1 aromatic rings. The molecule has 6 nitrogen and oxygen atoms in total. The highest BCUT2D eigenvalue weighted by Gasteiger charge is 2.50. The maximum Gasteiger partial charge on any atom is 0.264 e. The van der Waals surface area contributed by atoms with Crippen LogP contribution in [-0.2, 0) is 19.6 Å². The second-order valence-electron chi connectivity index (χ2n) is 5.14. The minimum Gasteiger partial charge on any atom is -0.397 e. The molecule has 1 saturated carbocycles. The van der Waals surface area contributed by atoms with Crippen LogP contribution >= 0.6 is 11.6 Å². The second-order valence-corrected chi connectivity index (χ2v) is 7.23. The number of amides is 1. The monoisotopic (exact) mass is 332 g/mol.